The Kier molecular flexibility index (Phi) is 13.7. The molecule has 0 radical (unpaired) electrons. The first-order chi connectivity index (χ1) is 32.3. The summed E-state index contributed by atoms with van der Waals surface area (Å²) in [7, 11) is 0. The molecule has 6 aromatic rings. The van der Waals surface area contributed by atoms with E-state index in [2.05, 4.69) is 10.1 Å². The lowest BCUT2D eigenvalue weighted by Gasteiger charge is -2.55. The van der Waals surface area contributed by atoms with Crippen LogP contribution in [0.4, 0.5) is 5.69 Å². The molecule has 0 aliphatic carbocycles. The van der Waals surface area contributed by atoms with Gasteiger partial charge in [0.2, 0.25) is 6.29 Å². The van der Waals surface area contributed by atoms with Crippen molar-refractivity contribution in [3.8, 4) is 5.75 Å². The van der Waals surface area contributed by atoms with E-state index in [-0.39, 0.29) is 11.0 Å². The predicted molar refractivity (Wildman–Crippen MR) is 238 cm³/mol. The molecule has 1 aliphatic heterocycles. The van der Waals surface area contributed by atoms with Gasteiger partial charge in [-0.1, -0.05) is 103 Å². The van der Waals surface area contributed by atoms with Crippen LogP contribution in [0.1, 0.15) is 60.3 Å². The van der Waals surface area contributed by atoms with E-state index >= 15 is 0 Å². The van der Waals surface area contributed by atoms with E-state index in [1.54, 1.807) is 12.1 Å². The second-order valence-electron chi connectivity index (χ2n) is 15.4. The number of ether oxygens (including phenoxy) is 6. The number of esters is 4. The highest BCUT2D eigenvalue weighted by molar-refractivity contribution is 6.07. The number of hydrogen-bond acceptors (Lipinski definition) is 17. The lowest BCUT2D eigenvalue weighted by Crippen LogP contribution is -2.85. The number of nitrogens with one attached hydrogen (secondary N) is 1. The number of carbonyl (C=O) groups is 5. The fourth-order valence-electron chi connectivity index (χ4n) is 7.65. The average molecular weight is 930 g/mol. The maximum Gasteiger partial charge on any atom is 0.353 e. The molecule has 6 atom stereocenters. The zero-order valence-electron chi connectivity index (χ0n) is 36.6. The molecule has 1 aromatic heterocycles. The van der Waals surface area contributed by atoms with Crippen LogP contribution in [0.15, 0.2) is 149 Å². The number of anilines is 1. The molecule has 350 valence electrons. The SMILES string of the molecule is CC(=O)OC(O)[C@H]1O[C@H](Oc2ccc3cc(C(=O)Nc4ccc(C(=C(c5ccccc5)c5ccccc5)c5ccccc5)cc4)c(=O)oc3c2)[C@@](O)(OC(C)=O)[C@](O)(OC(C)=O)[C@]1(O)OC(C)=O. The van der Waals surface area contributed by atoms with E-state index in [4.69, 9.17) is 28.1 Å². The van der Waals surface area contributed by atoms with Gasteiger partial charge < -0.3 is 58.6 Å². The minimum absolute atomic E-state index is 0.160. The summed E-state index contributed by atoms with van der Waals surface area (Å²) in [4.78, 5) is 75.8. The molecule has 7 rings (SSSR count). The Hall–Kier alpha value is -8.00. The highest BCUT2D eigenvalue weighted by atomic mass is 16.8. The Balaban J connectivity index is 1.20. The number of aliphatic hydroxyl groups is 4. The van der Waals surface area contributed by atoms with E-state index < -0.39 is 82.8 Å². The fraction of sp³-hybridized carbons (Fsp3) is 0.200. The van der Waals surface area contributed by atoms with Crippen LogP contribution in [0, 0.1) is 0 Å². The smallest absolute Gasteiger partial charge is 0.353 e. The first kappa shape index (κ1) is 47.9. The number of carbonyl (C=O) groups excluding carboxylic acids is 5. The lowest BCUT2D eigenvalue weighted by molar-refractivity contribution is -0.535. The van der Waals surface area contributed by atoms with Gasteiger partial charge in [0, 0.05) is 44.8 Å². The molecule has 0 spiro atoms. The topological polar surface area (TPSA) is 264 Å². The highest BCUT2D eigenvalue weighted by Crippen LogP contribution is 2.49. The number of fused-ring (bicyclic) bond motifs is 1. The summed E-state index contributed by atoms with van der Waals surface area (Å²) >= 11 is 0. The van der Waals surface area contributed by atoms with Crippen LogP contribution in [0.25, 0.3) is 22.1 Å². The molecule has 68 heavy (non-hydrogen) atoms. The van der Waals surface area contributed by atoms with Gasteiger partial charge in [0.25, 0.3) is 12.2 Å². The first-order valence-electron chi connectivity index (χ1n) is 20.7. The Morgan fingerprint density at radius 1 is 0.603 bits per heavy atom. The lowest BCUT2D eigenvalue weighted by atomic mass is 9.86. The summed E-state index contributed by atoms with van der Waals surface area (Å²) in [5.41, 5.74) is 4.35. The summed E-state index contributed by atoms with van der Waals surface area (Å²) in [5.74, 6) is -18.7. The molecule has 1 saturated heterocycles. The molecule has 0 bridgehead atoms. The molecule has 18 nitrogen and oxygen atoms in total. The van der Waals surface area contributed by atoms with Crippen LogP contribution in [-0.2, 0) is 42.9 Å². The second-order valence-corrected chi connectivity index (χ2v) is 15.4. The molecule has 2 heterocycles. The maximum atomic E-state index is 13.6. The van der Waals surface area contributed by atoms with Crippen LogP contribution >= 0.6 is 0 Å². The molecular formula is C50H43NO17. The molecule has 5 N–H and O–H groups in total. The van der Waals surface area contributed by atoms with E-state index in [1.165, 1.54) is 18.2 Å². The molecule has 1 unspecified atom stereocenters. The summed E-state index contributed by atoms with van der Waals surface area (Å²) in [5, 5.41) is 49.1. The van der Waals surface area contributed by atoms with Gasteiger partial charge in [0.05, 0.1) is 0 Å². The van der Waals surface area contributed by atoms with E-state index in [0.29, 0.717) is 19.5 Å². The third-order valence-electron chi connectivity index (χ3n) is 10.4. The molecular weight excluding hydrogens is 887 g/mol. The summed E-state index contributed by atoms with van der Waals surface area (Å²) in [6.07, 6.45) is -8.01. The molecule has 18 heteroatoms. The van der Waals surface area contributed by atoms with Gasteiger partial charge in [-0.15, -0.1) is 0 Å². The van der Waals surface area contributed by atoms with Crippen molar-refractivity contribution in [1.82, 2.24) is 0 Å². The summed E-state index contributed by atoms with van der Waals surface area (Å²) in [6.45, 7) is 2.91. The molecule has 1 amide bonds. The van der Waals surface area contributed by atoms with Crippen molar-refractivity contribution < 1.29 is 77.2 Å². The van der Waals surface area contributed by atoms with Gasteiger partial charge in [0.15, 0.2) is 6.10 Å². The number of aliphatic hydroxyl groups excluding tert-OH is 1. The third-order valence-corrected chi connectivity index (χ3v) is 10.4. The predicted octanol–water partition coefficient (Wildman–Crippen LogP) is 4.79. The Morgan fingerprint density at radius 2 is 1.09 bits per heavy atom. The normalized spacial score (nSPS) is 21.4. The summed E-state index contributed by atoms with van der Waals surface area (Å²) in [6, 6.07) is 41.7. The van der Waals surface area contributed by atoms with Crippen LogP contribution in [0.3, 0.4) is 0 Å². The largest absolute Gasteiger partial charge is 0.457 e. The van der Waals surface area contributed by atoms with Crippen molar-refractivity contribution in [3.05, 3.63) is 178 Å². The second kappa shape index (κ2) is 19.5. The molecule has 0 saturated carbocycles. The number of rotatable bonds is 13. The maximum absolute atomic E-state index is 13.6. The van der Waals surface area contributed by atoms with Crippen LogP contribution in [0.2, 0.25) is 0 Å². The van der Waals surface area contributed by atoms with E-state index in [0.717, 1.165) is 53.3 Å². The first-order valence-corrected chi connectivity index (χ1v) is 20.7. The number of amides is 1. The standard InChI is InChI=1S/C50H43NO17/c1-28(52)62-46(58)43-48(59,66-29(2)53)50(61,68-31(4)55)49(60,67-30(3)54)47(65-43)63-38-25-22-36-26-39(45(57)64-40(36)27-38)44(56)51-37-23-20-35(21-24-37)42(34-18-12-7-13-19-34)41(32-14-8-5-9-15-32)33-16-10-6-11-17-33/h5-27,43,46-47,58-61H,1-4H3,(H,51,56)/t43-,46?,47+,48-,49-,50-/m1/s1. The van der Waals surface area contributed by atoms with Crippen molar-refractivity contribution in [2.24, 2.45) is 0 Å². The van der Waals surface area contributed by atoms with Gasteiger partial charge in [-0.3, -0.25) is 24.0 Å². The third kappa shape index (κ3) is 9.61. The quantitative estimate of drug-likeness (QED) is 0.0343. The zero-order valence-corrected chi connectivity index (χ0v) is 36.6. The molecule has 1 fully saturated rings. The fourth-order valence-corrected chi connectivity index (χ4v) is 7.65. The van der Waals surface area contributed by atoms with Crippen LogP contribution < -0.4 is 15.7 Å². The van der Waals surface area contributed by atoms with Gasteiger partial charge in [0.1, 0.15) is 16.9 Å². The summed E-state index contributed by atoms with van der Waals surface area (Å²) < 4.78 is 36.0. The van der Waals surface area contributed by atoms with Gasteiger partial charge >= 0.3 is 46.9 Å². The number of hydrogen-bond donors (Lipinski definition) is 5. The van der Waals surface area contributed by atoms with E-state index in [1.807, 2.05) is 103 Å². The van der Waals surface area contributed by atoms with Crippen LogP contribution in [-0.4, -0.2) is 86.3 Å². The minimum atomic E-state index is -4.11. The van der Waals surface area contributed by atoms with Crippen molar-refractivity contribution >= 4 is 57.6 Å². The Morgan fingerprint density at radius 3 is 1.57 bits per heavy atom. The van der Waals surface area contributed by atoms with E-state index in [9.17, 15) is 49.2 Å². The van der Waals surface area contributed by atoms with Crippen molar-refractivity contribution in [1.29, 1.82) is 0 Å². The average Bonchev–Trinajstić information content (AvgIpc) is 3.28. The van der Waals surface area contributed by atoms with Crippen molar-refractivity contribution in [2.75, 3.05) is 5.32 Å². The minimum Gasteiger partial charge on any atom is -0.457 e. The van der Waals surface area contributed by atoms with Gasteiger partial charge in [-0.05, 0) is 63.7 Å². The van der Waals surface area contributed by atoms with Gasteiger partial charge in [-0.2, -0.15) is 0 Å². The zero-order chi connectivity index (χ0) is 49.0. The monoisotopic (exact) mass is 929 g/mol. The molecule has 1 aliphatic rings. The Labute approximate surface area is 386 Å². The van der Waals surface area contributed by atoms with Gasteiger partial charge in [-0.25, -0.2) is 4.79 Å². The Bertz CT molecular complexity index is 2920. The highest BCUT2D eigenvalue weighted by Gasteiger charge is 2.82. The molecule has 5 aromatic carbocycles. The van der Waals surface area contributed by atoms with Crippen LogP contribution in [0.5, 0.6) is 5.75 Å². The van der Waals surface area contributed by atoms with Crippen molar-refractivity contribution in [3.63, 3.8) is 0 Å². The van der Waals surface area contributed by atoms with Crippen molar-refractivity contribution in [2.45, 2.75) is 63.7 Å². The number of benzene rings is 5.